The Labute approximate surface area is 356 Å². The molecule has 3 aromatic heterocycles. The van der Waals surface area contributed by atoms with E-state index in [9.17, 15) is 0 Å². The zero-order valence-corrected chi connectivity index (χ0v) is 33.5. The van der Waals surface area contributed by atoms with E-state index in [1.165, 1.54) is 54.2 Å². The number of fused-ring (bicyclic) bond motifs is 12. The van der Waals surface area contributed by atoms with Crippen molar-refractivity contribution in [2.75, 3.05) is 0 Å². The van der Waals surface area contributed by atoms with Crippen LogP contribution in [-0.4, -0.2) is 14.5 Å². The minimum absolute atomic E-state index is 0.655. The summed E-state index contributed by atoms with van der Waals surface area (Å²) in [6.07, 6.45) is 0. The van der Waals surface area contributed by atoms with Gasteiger partial charge in [0, 0.05) is 27.5 Å². The largest absolute Gasteiger partial charge is 0.452 e. The molecule has 0 N–H and O–H groups in total. The van der Waals surface area contributed by atoms with E-state index in [0.717, 1.165) is 61.2 Å². The molecule has 3 heterocycles. The standard InChI is InChI=1S/C58H35N3O/c1-4-17-36(18-5-1)39-31-32-51-48(33-39)44-27-14-15-29-50(44)61(51)52-35-47-43-26-13-11-24-41(43)40-23-10-12-25-42(40)46(47)34-49(52)45-28-16-30-53-54(45)56-57(62-53)55(37-19-6-2-7-20-37)59-58(60-56)38-21-8-3-9-22-38/h1-35H. The van der Waals surface area contributed by atoms with Gasteiger partial charge in [0.15, 0.2) is 11.4 Å². The number of benzene rings is 10. The Kier molecular flexibility index (Phi) is 7.57. The Morgan fingerprint density at radius 3 is 1.61 bits per heavy atom. The smallest absolute Gasteiger partial charge is 0.180 e. The van der Waals surface area contributed by atoms with Crippen LogP contribution in [0.4, 0.5) is 0 Å². The van der Waals surface area contributed by atoms with Crippen LogP contribution in [0.5, 0.6) is 0 Å². The number of aromatic nitrogens is 3. The lowest BCUT2D eigenvalue weighted by Gasteiger charge is -2.19. The van der Waals surface area contributed by atoms with Crippen LogP contribution in [-0.2, 0) is 0 Å². The quantitative estimate of drug-likeness (QED) is 0.163. The number of nitrogens with zero attached hydrogens (tertiary/aromatic N) is 3. The van der Waals surface area contributed by atoms with E-state index in [-0.39, 0.29) is 0 Å². The number of rotatable bonds is 5. The molecule has 0 spiro atoms. The molecule has 0 bridgehead atoms. The maximum absolute atomic E-state index is 6.90. The lowest BCUT2D eigenvalue weighted by molar-refractivity contribution is 0.667. The molecular weight excluding hydrogens is 755 g/mol. The molecule has 0 unspecified atom stereocenters. The van der Waals surface area contributed by atoms with Crippen molar-refractivity contribution in [3.05, 3.63) is 212 Å². The van der Waals surface area contributed by atoms with E-state index in [0.29, 0.717) is 11.4 Å². The average molecular weight is 790 g/mol. The van der Waals surface area contributed by atoms with Gasteiger partial charge in [0.05, 0.1) is 22.1 Å². The lowest BCUT2D eigenvalue weighted by atomic mass is 9.90. The molecule has 0 radical (unpaired) electrons. The van der Waals surface area contributed by atoms with Crippen molar-refractivity contribution in [2.45, 2.75) is 0 Å². The predicted molar refractivity (Wildman–Crippen MR) is 258 cm³/mol. The van der Waals surface area contributed by atoms with E-state index >= 15 is 0 Å². The molecule has 13 aromatic rings. The molecule has 0 saturated carbocycles. The summed E-state index contributed by atoms with van der Waals surface area (Å²) in [7, 11) is 0. The highest BCUT2D eigenvalue weighted by atomic mass is 16.3. The summed E-state index contributed by atoms with van der Waals surface area (Å²) in [5.41, 5.74) is 12.8. The zero-order chi connectivity index (χ0) is 40.7. The zero-order valence-electron chi connectivity index (χ0n) is 33.5. The molecule has 10 aromatic carbocycles. The summed E-state index contributed by atoms with van der Waals surface area (Å²) in [5.74, 6) is 0.655. The molecule has 13 rings (SSSR count). The van der Waals surface area contributed by atoms with Gasteiger partial charge < -0.3 is 8.98 Å². The third-order valence-corrected chi connectivity index (χ3v) is 12.6. The minimum Gasteiger partial charge on any atom is -0.452 e. The second-order valence-electron chi connectivity index (χ2n) is 16.0. The second kappa shape index (κ2) is 13.6. The number of furan rings is 1. The molecule has 0 aliphatic rings. The third-order valence-electron chi connectivity index (χ3n) is 12.6. The Hall–Kier alpha value is -8.34. The predicted octanol–water partition coefficient (Wildman–Crippen LogP) is 15.6. The monoisotopic (exact) mass is 789 g/mol. The molecular formula is C58H35N3O. The van der Waals surface area contributed by atoms with Crippen molar-refractivity contribution in [1.29, 1.82) is 0 Å². The van der Waals surface area contributed by atoms with Gasteiger partial charge in [0.2, 0.25) is 0 Å². The maximum atomic E-state index is 6.90. The van der Waals surface area contributed by atoms with Crippen LogP contribution < -0.4 is 0 Å². The Bertz CT molecular complexity index is 3900. The highest BCUT2D eigenvalue weighted by molar-refractivity contribution is 6.27. The molecule has 0 aliphatic carbocycles. The lowest BCUT2D eigenvalue weighted by Crippen LogP contribution is -1.99. The molecule has 288 valence electrons. The Balaban J connectivity index is 1.19. The highest BCUT2D eigenvalue weighted by Crippen LogP contribution is 2.47. The first-order valence-electron chi connectivity index (χ1n) is 21.1. The molecule has 0 aliphatic heterocycles. The van der Waals surface area contributed by atoms with Gasteiger partial charge in [-0.25, -0.2) is 9.97 Å². The summed E-state index contributed by atoms with van der Waals surface area (Å²) < 4.78 is 9.37. The Morgan fingerprint density at radius 2 is 0.919 bits per heavy atom. The van der Waals surface area contributed by atoms with Gasteiger partial charge in [-0.3, -0.25) is 0 Å². The molecule has 4 nitrogen and oxygen atoms in total. The second-order valence-corrected chi connectivity index (χ2v) is 16.0. The molecule has 0 saturated heterocycles. The van der Waals surface area contributed by atoms with E-state index < -0.39 is 0 Å². The van der Waals surface area contributed by atoms with Crippen molar-refractivity contribution < 1.29 is 4.42 Å². The highest BCUT2D eigenvalue weighted by Gasteiger charge is 2.24. The van der Waals surface area contributed by atoms with Gasteiger partial charge >= 0.3 is 0 Å². The minimum atomic E-state index is 0.655. The number of para-hydroxylation sites is 1. The molecule has 4 heteroatoms. The normalized spacial score (nSPS) is 11.9. The summed E-state index contributed by atoms with van der Waals surface area (Å²) in [6, 6.07) is 75.8. The molecule has 0 amide bonds. The van der Waals surface area contributed by atoms with Crippen LogP contribution in [0.1, 0.15) is 0 Å². The number of hydrogen-bond acceptors (Lipinski definition) is 3. The summed E-state index contributed by atoms with van der Waals surface area (Å²) in [4.78, 5) is 10.6. The topological polar surface area (TPSA) is 43.9 Å². The van der Waals surface area contributed by atoms with E-state index in [1.807, 2.05) is 36.4 Å². The van der Waals surface area contributed by atoms with Crippen molar-refractivity contribution in [3.8, 4) is 50.6 Å². The SMILES string of the molecule is c1ccc(-c2ccc3c(c2)c2ccccc2n3-c2cc3c4ccccc4c4ccccc4c3cc2-c2cccc3oc4c(-c5ccccc5)nc(-c5ccccc5)nc4c23)cc1. The third kappa shape index (κ3) is 5.20. The van der Waals surface area contributed by atoms with Crippen LogP contribution in [0.3, 0.4) is 0 Å². The summed E-state index contributed by atoms with van der Waals surface area (Å²) in [6.45, 7) is 0. The van der Waals surface area contributed by atoms with E-state index in [4.69, 9.17) is 14.4 Å². The Morgan fingerprint density at radius 1 is 0.355 bits per heavy atom. The van der Waals surface area contributed by atoms with Crippen molar-refractivity contribution in [1.82, 2.24) is 14.5 Å². The first kappa shape index (κ1) is 34.5. The van der Waals surface area contributed by atoms with Crippen molar-refractivity contribution >= 4 is 76.2 Å². The van der Waals surface area contributed by atoms with Crippen molar-refractivity contribution in [2.24, 2.45) is 0 Å². The fourth-order valence-electron chi connectivity index (χ4n) is 9.80. The van der Waals surface area contributed by atoms with Gasteiger partial charge in [0.25, 0.3) is 0 Å². The molecule has 0 fully saturated rings. The van der Waals surface area contributed by atoms with Gasteiger partial charge in [-0.2, -0.15) is 0 Å². The van der Waals surface area contributed by atoms with Crippen LogP contribution in [0.2, 0.25) is 0 Å². The van der Waals surface area contributed by atoms with Crippen LogP contribution in [0, 0.1) is 0 Å². The fraction of sp³-hybridized carbons (Fsp3) is 0. The first-order valence-corrected chi connectivity index (χ1v) is 21.1. The van der Waals surface area contributed by atoms with E-state index in [1.54, 1.807) is 0 Å². The summed E-state index contributed by atoms with van der Waals surface area (Å²) in [5, 5.41) is 10.7. The average Bonchev–Trinajstić information content (AvgIpc) is 3.90. The van der Waals surface area contributed by atoms with Gasteiger partial charge in [-0.1, -0.05) is 176 Å². The van der Waals surface area contributed by atoms with Crippen molar-refractivity contribution in [3.63, 3.8) is 0 Å². The first-order chi connectivity index (χ1) is 30.8. The molecule has 0 atom stereocenters. The maximum Gasteiger partial charge on any atom is 0.180 e. The van der Waals surface area contributed by atoms with Gasteiger partial charge in [-0.15, -0.1) is 0 Å². The van der Waals surface area contributed by atoms with Gasteiger partial charge in [-0.05, 0) is 85.4 Å². The van der Waals surface area contributed by atoms with Gasteiger partial charge in [0.1, 0.15) is 16.8 Å². The molecule has 62 heavy (non-hydrogen) atoms. The van der Waals surface area contributed by atoms with Crippen LogP contribution in [0.25, 0.3) is 127 Å². The fourth-order valence-corrected chi connectivity index (χ4v) is 9.80. The van der Waals surface area contributed by atoms with E-state index in [2.05, 4.69) is 180 Å². The number of hydrogen-bond donors (Lipinski definition) is 0. The van der Waals surface area contributed by atoms with Crippen LogP contribution >= 0.6 is 0 Å². The van der Waals surface area contributed by atoms with Crippen LogP contribution in [0.15, 0.2) is 217 Å². The summed E-state index contributed by atoms with van der Waals surface area (Å²) >= 11 is 0.